The van der Waals surface area contributed by atoms with E-state index in [2.05, 4.69) is 5.43 Å². The number of hydrazine groups is 1. The standard InChI is InChI=1S/C18H19Cl3N4O5S3/c1-25(30-33(2,28)29)7-5-23(6-8-25)22-15(26)10-24-17(27)14(32-18(24)31)9-11-12(19)3-4-13(20)16(11)21/h3-4,9H,5-8,10H2,1-2H3/p+1/b14-9-. The molecule has 1 aromatic carbocycles. The number of quaternary nitrogens is 1. The largest absolute Gasteiger partial charge is 0.311 e. The number of nitrogens with zero attached hydrogens (tertiary/aromatic N) is 3. The number of thioether (sulfide) groups is 1. The van der Waals surface area contributed by atoms with Crippen LogP contribution in [-0.4, -0.2) is 85.1 Å². The minimum Gasteiger partial charge on any atom is -0.287 e. The van der Waals surface area contributed by atoms with E-state index in [-0.39, 0.29) is 25.4 Å². The second-order valence-corrected chi connectivity index (χ2v) is 12.0. The van der Waals surface area contributed by atoms with Crippen molar-refractivity contribution < 1.29 is 26.9 Å². The van der Waals surface area contributed by atoms with Gasteiger partial charge in [0.15, 0.2) is 0 Å². The van der Waals surface area contributed by atoms with Gasteiger partial charge in [0.05, 0.1) is 34.3 Å². The predicted molar refractivity (Wildman–Crippen MR) is 133 cm³/mol. The molecule has 2 fully saturated rings. The summed E-state index contributed by atoms with van der Waals surface area (Å²) >= 11 is 24.7. The molecule has 0 aromatic heterocycles. The van der Waals surface area contributed by atoms with Gasteiger partial charge in [0.2, 0.25) is 0 Å². The number of hydroxylamine groups is 3. The van der Waals surface area contributed by atoms with Gasteiger partial charge in [0.1, 0.15) is 31.0 Å². The molecule has 0 atom stereocenters. The van der Waals surface area contributed by atoms with Crippen LogP contribution in [0.4, 0.5) is 0 Å². The molecule has 0 radical (unpaired) electrons. The summed E-state index contributed by atoms with van der Waals surface area (Å²) in [5.74, 6) is -0.886. The van der Waals surface area contributed by atoms with Crippen molar-refractivity contribution in [1.82, 2.24) is 15.3 Å². The fraction of sp³-hybridized carbons (Fsp3) is 0.389. The van der Waals surface area contributed by atoms with Crippen LogP contribution in [0, 0.1) is 0 Å². The highest BCUT2D eigenvalue weighted by atomic mass is 35.5. The molecule has 1 aromatic rings. The van der Waals surface area contributed by atoms with Gasteiger partial charge < -0.3 is 0 Å². The first-order chi connectivity index (χ1) is 15.3. The van der Waals surface area contributed by atoms with Gasteiger partial charge in [-0.1, -0.05) is 63.1 Å². The average Bonchev–Trinajstić information content (AvgIpc) is 2.96. The fourth-order valence-electron chi connectivity index (χ4n) is 3.20. The van der Waals surface area contributed by atoms with E-state index in [0.29, 0.717) is 41.8 Å². The van der Waals surface area contributed by atoms with Crippen LogP contribution >= 0.6 is 58.8 Å². The Bertz CT molecular complexity index is 1140. The lowest BCUT2D eigenvalue weighted by Gasteiger charge is -2.38. The summed E-state index contributed by atoms with van der Waals surface area (Å²) < 4.78 is 28.0. The number of rotatable bonds is 6. The number of carbonyl (C=O) groups excluding carboxylic acids is 2. The Morgan fingerprint density at radius 2 is 1.88 bits per heavy atom. The molecule has 0 spiro atoms. The highest BCUT2D eigenvalue weighted by Gasteiger charge is 2.37. The Morgan fingerprint density at radius 1 is 1.27 bits per heavy atom. The Hall–Kier alpha value is -0.960. The van der Waals surface area contributed by atoms with Gasteiger partial charge in [0.25, 0.3) is 11.8 Å². The third-order valence-corrected chi connectivity index (χ3v) is 7.97. The molecule has 1 N–H and O–H groups in total. The molecule has 2 saturated heterocycles. The number of benzene rings is 1. The monoisotopic (exact) mass is 573 g/mol. The number of likely N-dealkylation sites (N-methyl/N-ethyl adjacent to an activating group) is 1. The molecule has 3 rings (SSSR count). The molecule has 9 nitrogen and oxygen atoms in total. The lowest BCUT2D eigenvalue weighted by atomic mass is 10.2. The van der Waals surface area contributed by atoms with Crippen molar-refractivity contribution in [1.29, 1.82) is 0 Å². The molecule has 15 heteroatoms. The van der Waals surface area contributed by atoms with Crippen LogP contribution in [0.2, 0.25) is 15.1 Å². The molecule has 2 amide bonds. The average molecular weight is 575 g/mol. The van der Waals surface area contributed by atoms with Crippen LogP contribution in [0.3, 0.4) is 0 Å². The summed E-state index contributed by atoms with van der Waals surface area (Å²) in [7, 11) is -1.95. The number of carbonyl (C=O) groups is 2. The van der Waals surface area contributed by atoms with Crippen LogP contribution < -0.4 is 5.43 Å². The van der Waals surface area contributed by atoms with E-state index in [1.165, 1.54) is 11.0 Å². The van der Waals surface area contributed by atoms with Gasteiger partial charge in [-0.3, -0.25) is 19.9 Å². The third-order valence-electron chi connectivity index (χ3n) is 4.81. The van der Waals surface area contributed by atoms with Crippen molar-refractivity contribution in [2.24, 2.45) is 0 Å². The fourth-order valence-corrected chi connectivity index (χ4v) is 5.88. The molecule has 0 saturated carbocycles. The Morgan fingerprint density at radius 3 is 2.48 bits per heavy atom. The van der Waals surface area contributed by atoms with Crippen molar-refractivity contribution in [2.75, 3.05) is 46.0 Å². The molecule has 33 heavy (non-hydrogen) atoms. The van der Waals surface area contributed by atoms with E-state index in [0.717, 1.165) is 18.0 Å². The number of hydrogen-bond acceptors (Lipinski definition) is 8. The van der Waals surface area contributed by atoms with Crippen LogP contribution in [0.15, 0.2) is 17.0 Å². The predicted octanol–water partition coefficient (Wildman–Crippen LogP) is 2.53. The maximum Gasteiger partial charge on any atom is 0.311 e. The molecule has 0 unspecified atom stereocenters. The third kappa shape index (κ3) is 6.80. The first-order valence-corrected chi connectivity index (χ1v) is 13.6. The molecule has 0 aliphatic carbocycles. The highest BCUT2D eigenvalue weighted by Crippen LogP contribution is 2.38. The van der Waals surface area contributed by atoms with Crippen LogP contribution in [0.1, 0.15) is 5.56 Å². The van der Waals surface area contributed by atoms with Crippen LogP contribution in [0.5, 0.6) is 0 Å². The van der Waals surface area contributed by atoms with E-state index in [4.69, 9.17) is 51.3 Å². The van der Waals surface area contributed by atoms with Gasteiger partial charge >= 0.3 is 10.1 Å². The number of thiocarbonyl (C=S) groups is 1. The molecule has 2 aliphatic heterocycles. The second kappa shape index (κ2) is 10.3. The van der Waals surface area contributed by atoms with Gasteiger partial charge in [-0.25, -0.2) is 5.01 Å². The number of halogens is 3. The number of piperazine rings is 1. The van der Waals surface area contributed by atoms with E-state index < -0.39 is 21.9 Å². The number of nitrogens with one attached hydrogen (secondary N) is 1. The molecular formula is C18H20Cl3N4O5S3+. The molecule has 2 aliphatic rings. The zero-order valence-electron chi connectivity index (χ0n) is 17.5. The summed E-state index contributed by atoms with van der Waals surface area (Å²) in [6, 6.07) is 3.12. The van der Waals surface area contributed by atoms with Crippen molar-refractivity contribution in [3.63, 3.8) is 0 Å². The molecule has 180 valence electrons. The quantitative estimate of drug-likeness (QED) is 0.240. The van der Waals surface area contributed by atoms with E-state index in [1.807, 2.05) is 0 Å². The van der Waals surface area contributed by atoms with Crippen molar-refractivity contribution in [3.8, 4) is 0 Å². The van der Waals surface area contributed by atoms with Crippen molar-refractivity contribution in [3.05, 3.63) is 37.7 Å². The minimum atomic E-state index is -3.61. The molecule has 2 heterocycles. The van der Waals surface area contributed by atoms with E-state index >= 15 is 0 Å². The van der Waals surface area contributed by atoms with Gasteiger partial charge in [-0.05, 0) is 18.2 Å². The summed E-state index contributed by atoms with van der Waals surface area (Å²) in [6.07, 6.45) is 2.49. The Balaban J connectivity index is 1.61. The minimum absolute atomic E-state index is 0.112. The van der Waals surface area contributed by atoms with E-state index in [1.54, 1.807) is 24.2 Å². The first kappa shape index (κ1) is 26.6. The summed E-state index contributed by atoms with van der Waals surface area (Å²) in [6.45, 7) is 1.14. The van der Waals surface area contributed by atoms with Crippen LogP contribution in [0.25, 0.3) is 6.08 Å². The zero-order chi connectivity index (χ0) is 24.6. The maximum absolute atomic E-state index is 12.8. The maximum atomic E-state index is 12.8. The van der Waals surface area contributed by atoms with E-state index in [9.17, 15) is 18.0 Å². The normalized spacial score (nSPS) is 20.5. The van der Waals surface area contributed by atoms with Crippen molar-refractivity contribution in [2.45, 2.75) is 0 Å². The SMILES string of the molecule is C[N+]1(OS(C)(=O)=O)CCN(NC(=O)CN2C(=O)/C(=C/c3c(Cl)ccc(Cl)c3Cl)SC2=S)CC1. The second-order valence-electron chi connectivity index (χ2n) is 7.57. The smallest absolute Gasteiger partial charge is 0.287 e. The lowest BCUT2D eigenvalue weighted by molar-refractivity contribution is -1.07. The van der Waals surface area contributed by atoms with Gasteiger partial charge in [0, 0.05) is 10.6 Å². The molecule has 0 bridgehead atoms. The van der Waals surface area contributed by atoms with Gasteiger partial charge in [-0.15, -0.1) is 0 Å². The summed E-state index contributed by atoms with van der Waals surface area (Å²) in [4.78, 5) is 26.8. The number of amides is 2. The van der Waals surface area contributed by atoms with Crippen LogP contribution in [-0.2, 0) is 24.0 Å². The highest BCUT2D eigenvalue weighted by molar-refractivity contribution is 8.26. The Kier molecular flexibility index (Phi) is 8.35. The summed E-state index contributed by atoms with van der Waals surface area (Å²) in [5.41, 5.74) is 3.11. The zero-order valence-corrected chi connectivity index (χ0v) is 22.2. The molecular weight excluding hydrogens is 555 g/mol. The lowest BCUT2D eigenvalue weighted by Crippen LogP contribution is -2.61. The summed E-state index contributed by atoms with van der Waals surface area (Å²) in [5, 5.41) is 2.47. The van der Waals surface area contributed by atoms with Gasteiger partial charge in [-0.2, -0.15) is 13.1 Å². The van der Waals surface area contributed by atoms with Crippen molar-refractivity contribution >= 4 is 91.1 Å². The Labute approximate surface area is 216 Å². The topological polar surface area (TPSA) is 96.0 Å². The number of hydrogen-bond donors (Lipinski definition) is 1. The first-order valence-electron chi connectivity index (χ1n) is 9.47.